The third-order valence-corrected chi connectivity index (χ3v) is 5.44. The second-order valence-corrected chi connectivity index (χ2v) is 6.73. The lowest BCUT2D eigenvalue weighted by Crippen LogP contribution is -2.55. The monoisotopic (exact) mass is 347 g/mol. The van der Waals surface area contributed by atoms with E-state index in [9.17, 15) is 13.8 Å². The molecule has 0 radical (unpaired) electrons. The van der Waals surface area contributed by atoms with Crippen molar-refractivity contribution < 1.29 is 32.0 Å². The van der Waals surface area contributed by atoms with Gasteiger partial charge in [-0.15, -0.1) is 0 Å². The molecular formula is C14H21NO7S. The summed E-state index contributed by atoms with van der Waals surface area (Å²) in [4.78, 5) is 22.9. The number of carbonyl (C=O) groups is 2. The van der Waals surface area contributed by atoms with Gasteiger partial charge in [0.1, 0.15) is 23.9 Å². The number of hydrogen-bond acceptors (Lipinski definition) is 6. The highest BCUT2D eigenvalue weighted by atomic mass is 32.2. The van der Waals surface area contributed by atoms with Crippen molar-refractivity contribution in [1.29, 1.82) is 0 Å². The Balaban J connectivity index is 2.01. The van der Waals surface area contributed by atoms with Crippen LogP contribution < -0.4 is 5.32 Å². The zero-order valence-electron chi connectivity index (χ0n) is 13.2. The Morgan fingerprint density at radius 1 is 1.52 bits per heavy atom. The lowest BCUT2D eigenvalue weighted by atomic mass is 9.70. The van der Waals surface area contributed by atoms with E-state index in [-0.39, 0.29) is 12.5 Å². The number of ether oxygens (including phenoxy) is 2. The summed E-state index contributed by atoms with van der Waals surface area (Å²) in [5.41, 5.74) is -1.76. The molecule has 2 aliphatic rings. The predicted molar refractivity (Wildman–Crippen MR) is 80.4 cm³/mol. The molecule has 6 unspecified atom stereocenters. The zero-order valence-corrected chi connectivity index (χ0v) is 14.1. The maximum atomic E-state index is 11.8. The van der Waals surface area contributed by atoms with E-state index in [1.807, 2.05) is 6.92 Å². The summed E-state index contributed by atoms with van der Waals surface area (Å²) in [6.45, 7) is 8.35. The minimum Gasteiger partial charge on any atom is -0.458 e. The van der Waals surface area contributed by atoms with E-state index in [1.165, 1.54) is 0 Å². The standard InChI is InChI=1S/C14H21NO7S/c1-5-11(16)15-7-12(17)20-9-6-10-14(4,22-23(18)19)8(2)13(9,3)21-10/h5,8-10H,1,6-7H2,2-4H3,(H,15,16)(H,18,19). The van der Waals surface area contributed by atoms with Crippen LogP contribution in [0.4, 0.5) is 0 Å². The molecule has 2 bridgehead atoms. The molecule has 23 heavy (non-hydrogen) atoms. The third-order valence-electron chi connectivity index (χ3n) is 4.94. The van der Waals surface area contributed by atoms with Crippen molar-refractivity contribution in [2.75, 3.05) is 6.54 Å². The molecule has 0 saturated carbocycles. The highest BCUT2D eigenvalue weighted by molar-refractivity contribution is 7.74. The van der Waals surface area contributed by atoms with Crippen LogP contribution in [0.5, 0.6) is 0 Å². The number of fused-ring (bicyclic) bond motifs is 2. The van der Waals surface area contributed by atoms with Gasteiger partial charge in [-0.1, -0.05) is 13.5 Å². The van der Waals surface area contributed by atoms with Crippen LogP contribution in [-0.2, 0) is 34.6 Å². The van der Waals surface area contributed by atoms with Crippen molar-refractivity contribution in [2.24, 2.45) is 5.92 Å². The van der Waals surface area contributed by atoms with E-state index >= 15 is 0 Å². The van der Waals surface area contributed by atoms with Crippen molar-refractivity contribution in [1.82, 2.24) is 5.32 Å². The van der Waals surface area contributed by atoms with Gasteiger partial charge in [-0.3, -0.25) is 18.3 Å². The van der Waals surface area contributed by atoms with E-state index in [2.05, 4.69) is 11.9 Å². The van der Waals surface area contributed by atoms with E-state index in [0.717, 1.165) is 6.08 Å². The molecule has 9 heteroatoms. The molecular weight excluding hydrogens is 326 g/mol. The Morgan fingerprint density at radius 3 is 2.70 bits per heavy atom. The first-order valence-electron chi connectivity index (χ1n) is 7.21. The van der Waals surface area contributed by atoms with E-state index in [4.69, 9.17) is 18.2 Å². The summed E-state index contributed by atoms with van der Waals surface area (Å²) in [5, 5.41) is 2.35. The van der Waals surface area contributed by atoms with Crippen molar-refractivity contribution in [2.45, 2.75) is 50.6 Å². The van der Waals surface area contributed by atoms with Gasteiger partial charge < -0.3 is 14.8 Å². The normalized spacial score (nSPS) is 39.7. The molecule has 8 nitrogen and oxygen atoms in total. The molecule has 2 saturated heterocycles. The van der Waals surface area contributed by atoms with Gasteiger partial charge in [-0.25, -0.2) is 0 Å². The molecule has 0 aromatic rings. The minimum atomic E-state index is -2.41. The lowest BCUT2D eigenvalue weighted by molar-refractivity contribution is -0.160. The van der Waals surface area contributed by atoms with Crippen molar-refractivity contribution in [3.8, 4) is 0 Å². The van der Waals surface area contributed by atoms with Crippen LogP contribution in [0.1, 0.15) is 27.2 Å². The van der Waals surface area contributed by atoms with Crippen LogP contribution in [0.25, 0.3) is 0 Å². The molecule has 2 N–H and O–H groups in total. The van der Waals surface area contributed by atoms with Gasteiger partial charge >= 0.3 is 17.3 Å². The topological polar surface area (TPSA) is 111 Å². The number of nitrogens with one attached hydrogen (secondary N) is 1. The fourth-order valence-electron chi connectivity index (χ4n) is 3.32. The van der Waals surface area contributed by atoms with Crippen molar-refractivity contribution in [3.63, 3.8) is 0 Å². The Labute approximate surface area is 137 Å². The fourth-order valence-corrected chi connectivity index (χ4v) is 3.87. The number of rotatable bonds is 6. The molecule has 0 aliphatic carbocycles. The van der Waals surface area contributed by atoms with Crippen LogP contribution in [0.3, 0.4) is 0 Å². The second-order valence-electron chi connectivity index (χ2n) is 6.13. The smallest absolute Gasteiger partial charge is 0.325 e. The summed E-state index contributed by atoms with van der Waals surface area (Å²) in [6, 6.07) is 0. The molecule has 1 amide bonds. The molecule has 130 valence electrons. The van der Waals surface area contributed by atoms with E-state index < -0.39 is 46.6 Å². The van der Waals surface area contributed by atoms with Gasteiger partial charge in [0.05, 0.1) is 6.10 Å². The van der Waals surface area contributed by atoms with Crippen LogP contribution in [0.2, 0.25) is 0 Å². The summed E-state index contributed by atoms with van der Waals surface area (Å²) < 4.78 is 36.5. The van der Waals surface area contributed by atoms with Gasteiger partial charge in [0.25, 0.3) is 0 Å². The molecule has 2 aliphatic heterocycles. The highest BCUT2D eigenvalue weighted by Gasteiger charge is 2.68. The molecule has 0 spiro atoms. The zero-order chi connectivity index (χ0) is 17.4. The molecule has 2 fully saturated rings. The largest absolute Gasteiger partial charge is 0.458 e. The fraction of sp³-hybridized carbons (Fsp3) is 0.714. The Morgan fingerprint density at radius 2 is 2.17 bits per heavy atom. The average Bonchev–Trinajstić information content (AvgIpc) is 2.89. The second kappa shape index (κ2) is 6.31. The summed E-state index contributed by atoms with van der Waals surface area (Å²) in [6.07, 6.45) is 0.448. The first-order chi connectivity index (χ1) is 10.6. The maximum Gasteiger partial charge on any atom is 0.325 e. The van der Waals surface area contributed by atoms with Crippen LogP contribution >= 0.6 is 0 Å². The van der Waals surface area contributed by atoms with Gasteiger partial charge in [-0.2, -0.15) is 4.21 Å². The van der Waals surface area contributed by atoms with Gasteiger partial charge in [-0.05, 0) is 19.9 Å². The Bertz CT molecular complexity index is 553. The van der Waals surface area contributed by atoms with Crippen molar-refractivity contribution in [3.05, 3.63) is 12.7 Å². The number of carbonyl (C=O) groups excluding carboxylic acids is 2. The summed E-state index contributed by atoms with van der Waals surface area (Å²) in [7, 11) is 0. The number of hydrogen-bond donors (Lipinski definition) is 2. The Hall–Kier alpha value is -1.29. The molecule has 6 atom stereocenters. The summed E-state index contributed by atoms with van der Waals surface area (Å²) in [5.74, 6) is -1.31. The lowest BCUT2D eigenvalue weighted by Gasteiger charge is -2.41. The number of amides is 1. The van der Waals surface area contributed by atoms with Crippen LogP contribution in [-0.4, -0.2) is 50.6 Å². The van der Waals surface area contributed by atoms with Crippen molar-refractivity contribution >= 4 is 23.2 Å². The first kappa shape index (κ1) is 18.1. The first-order valence-corrected chi connectivity index (χ1v) is 8.24. The molecule has 0 aromatic carbocycles. The van der Waals surface area contributed by atoms with Gasteiger partial charge in [0, 0.05) is 12.3 Å². The maximum absolute atomic E-state index is 11.8. The quantitative estimate of drug-likeness (QED) is 0.404. The molecule has 2 heterocycles. The van der Waals surface area contributed by atoms with Gasteiger partial charge in [0.2, 0.25) is 5.91 Å². The molecule has 0 aromatic heterocycles. The Kier molecular flexibility index (Phi) is 4.95. The summed E-state index contributed by atoms with van der Waals surface area (Å²) >= 11 is -2.41. The average molecular weight is 347 g/mol. The highest BCUT2D eigenvalue weighted by Crippen LogP contribution is 2.55. The number of esters is 1. The van der Waals surface area contributed by atoms with Crippen LogP contribution in [0, 0.1) is 5.92 Å². The minimum absolute atomic E-state index is 0.259. The van der Waals surface area contributed by atoms with E-state index in [0.29, 0.717) is 6.42 Å². The van der Waals surface area contributed by atoms with Crippen LogP contribution in [0.15, 0.2) is 12.7 Å². The third kappa shape index (κ3) is 3.18. The SMILES string of the molecule is C=CC(=O)NCC(=O)OC1CC2OC1(C)C(C)C2(C)OS(=O)O. The van der Waals surface area contributed by atoms with E-state index in [1.54, 1.807) is 13.8 Å². The molecule has 2 rings (SSSR count). The van der Waals surface area contributed by atoms with Gasteiger partial charge in [0.15, 0.2) is 0 Å². The predicted octanol–water partition coefficient (Wildman–Crippen LogP) is 0.310.